The summed E-state index contributed by atoms with van der Waals surface area (Å²) in [5, 5.41) is 10.3. The van der Waals surface area contributed by atoms with Gasteiger partial charge in [-0.3, -0.25) is 19.2 Å². The third kappa shape index (κ3) is 17.5. The number of halogens is 12. The molecule has 22 heteroatoms. The van der Waals surface area contributed by atoms with Crippen LogP contribution in [0.3, 0.4) is 0 Å². The van der Waals surface area contributed by atoms with Crippen molar-refractivity contribution in [3.8, 4) is 44.5 Å². The summed E-state index contributed by atoms with van der Waals surface area (Å²) >= 11 is 0. The Balaban J connectivity index is 0.846. The standard InChI is InChI=1S/C78H76F12N6O4/c79-75(80,81)51-93-71(99)73(65-29-9-5-23-59(65)60-24-6-10-30-66(60)73)41-13-15-45-95(49-19-43-91-69(97)63-27-3-1-21-57(63)53-33-37-55(38-34-53)77(85,86)87)47-17-18-48-96(50-20-44-92-70(98)64-28-4-2-22-58(64)54-35-39-56(40-36-54)78(88,89)90)46-16-14-42-74(72(100)94-52-76(82,83)84)67-31-11-7-25-61(67)62-26-8-12-32-68(62)74/h1-12,21-40H,13-20,41-52H2,(H,91,97)(H,92,98)(H,93,99)(H,94,100). The lowest BCUT2D eigenvalue weighted by atomic mass is 9.73. The number of benzene rings is 8. The largest absolute Gasteiger partial charge is 0.416 e. The molecule has 526 valence electrons. The van der Waals surface area contributed by atoms with Crippen LogP contribution in [-0.4, -0.2) is 111 Å². The summed E-state index contributed by atoms with van der Waals surface area (Å²) in [5.41, 5.74) is 3.18. The fourth-order valence-corrected chi connectivity index (χ4v) is 14.1. The number of hydrogen-bond donors (Lipinski definition) is 4. The predicted octanol–water partition coefficient (Wildman–Crippen LogP) is 17.0. The fourth-order valence-electron chi connectivity index (χ4n) is 14.1. The maximum absolute atomic E-state index is 14.4. The summed E-state index contributed by atoms with van der Waals surface area (Å²) in [5.74, 6) is -2.39. The molecule has 10 rings (SSSR count). The highest BCUT2D eigenvalue weighted by molar-refractivity contribution is 6.03. The molecule has 2 aliphatic rings. The summed E-state index contributed by atoms with van der Waals surface area (Å²) < 4.78 is 163. The number of amides is 4. The molecule has 2 aliphatic carbocycles. The van der Waals surface area contributed by atoms with Crippen molar-refractivity contribution in [2.45, 2.75) is 99.7 Å². The van der Waals surface area contributed by atoms with Gasteiger partial charge in [-0.1, -0.05) is 171 Å². The minimum absolute atomic E-state index is 0.187. The second-order valence-electron chi connectivity index (χ2n) is 25.4. The van der Waals surface area contributed by atoms with Gasteiger partial charge < -0.3 is 31.1 Å². The van der Waals surface area contributed by atoms with Crippen LogP contribution in [0.1, 0.15) is 118 Å². The number of fused-ring (bicyclic) bond motifs is 6. The average molecular weight is 1390 g/mol. The third-order valence-corrected chi connectivity index (χ3v) is 18.8. The van der Waals surface area contributed by atoms with E-state index in [9.17, 15) is 71.9 Å². The summed E-state index contributed by atoms with van der Waals surface area (Å²) in [7, 11) is 0. The van der Waals surface area contributed by atoms with Gasteiger partial charge in [0.25, 0.3) is 11.8 Å². The third-order valence-electron chi connectivity index (χ3n) is 18.8. The minimum Gasteiger partial charge on any atom is -0.352 e. The first-order valence-electron chi connectivity index (χ1n) is 33.4. The van der Waals surface area contributed by atoms with Crippen molar-refractivity contribution in [1.29, 1.82) is 0 Å². The Labute approximate surface area is 572 Å². The van der Waals surface area contributed by atoms with E-state index in [1.807, 2.05) is 48.5 Å². The minimum atomic E-state index is -4.67. The molecule has 0 unspecified atom stereocenters. The first kappa shape index (κ1) is 73.4. The van der Waals surface area contributed by atoms with Crippen LogP contribution in [0.5, 0.6) is 0 Å². The smallest absolute Gasteiger partial charge is 0.352 e. The Morgan fingerprint density at radius 2 is 0.580 bits per heavy atom. The molecule has 0 saturated carbocycles. The normalized spacial score (nSPS) is 13.7. The monoisotopic (exact) mass is 1390 g/mol. The van der Waals surface area contributed by atoms with E-state index < -0.39 is 83.4 Å². The molecule has 0 fully saturated rings. The zero-order valence-corrected chi connectivity index (χ0v) is 54.7. The van der Waals surface area contributed by atoms with Crippen LogP contribution < -0.4 is 21.3 Å². The highest BCUT2D eigenvalue weighted by atomic mass is 19.4. The molecule has 0 saturated heterocycles. The van der Waals surface area contributed by atoms with E-state index in [2.05, 4.69) is 31.1 Å². The zero-order chi connectivity index (χ0) is 71.3. The molecule has 4 N–H and O–H groups in total. The van der Waals surface area contributed by atoms with Gasteiger partial charge in [0.2, 0.25) is 11.8 Å². The Hall–Kier alpha value is -9.28. The van der Waals surface area contributed by atoms with Crippen LogP contribution >= 0.6 is 0 Å². The van der Waals surface area contributed by atoms with E-state index in [1.165, 1.54) is 24.3 Å². The number of carbonyl (C=O) groups is 4. The molecule has 4 amide bonds. The first-order chi connectivity index (χ1) is 47.8. The van der Waals surface area contributed by atoms with Crippen LogP contribution in [-0.2, 0) is 32.8 Å². The number of hydrogen-bond acceptors (Lipinski definition) is 6. The van der Waals surface area contributed by atoms with Gasteiger partial charge in [0.05, 0.1) is 11.1 Å². The average Bonchev–Trinajstić information content (AvgIpc) is 1.57. The van der Waals surface area contributed by atoms with Crippen LogP contribution in [0.2, 0.25) is 0 Å². The van der Waals surface area contributed by atoms with Crippen LogP contribution in [0.4, 0.5) is 52.7 Å². The number of alkyl halides is 12. The quantitative estimate of drug-likeness (QED) is 0.0254. The maximum atomic E-state index is 14.4. The van der Waals surface area contributed by atoms with Gasteiger partial charge in [-0.25, -0.2) is 0 Å². The molecule has 8 aromatic rings. The molecule has 100 heavy (non-hydrogen) atoms. The van der Waals surface area contributed by atoms with Gasteiger partial charge in [-0.15, -0.1) is 0 Å². The van der Waals surface area contributed by atoms with Gasteiger partial charge >= 0.3 is 24.7 Å². The summed E-state index contributed by atoms with van der Waals surface area (Å²) in [6.45, 7) is 0.407. The predicted molar refractivity (Wildman–Crippen MR) is 361 cm³/mol. The topological polar surface area (TPSA) is 123 Å². The molecule has 0 aliphatic heterocycles. The molecule has 0 aromatic heterocycles. The Bertz CT molecular complexity index is 3780. The first-order valence-corrected chi connectivity index (χ1v) is 33.4. The van der Waals surface area contributed by atoms with E-state index in [-0.39, 0.29) is 37.1 Å². The summed E-state index contributed by atoms with van der Waals surface area (Å²) in [4.78, 5) is 60.9. The number of nitrogens with zero attached hydrogens (tertiary/aromatic N) is 2. The molecule has 0 bridgehead atoms. The van der Waals surface area contributed by atoms with Crippen molar-refractivity contribution in [2.24, 2.45) is 0 Å². The molecule has 10 nitrogen and oxygen atoms in total. The number of carbonyl (C=O) groups excluding carboxylic acids is 4. The fraction of sp³-hybridized carbons (Fsp3) is 0.333. The SMILES string of the molecule is O=C(NCCCN(CCCCN(CCCCC1(C(=O)NCC(F)(F)F)c2ccccc2-c2ccccc21)CCCNC(=O)c1ccccc1-c1ccc(C(F)(F)F)cc1)CCCCC1(C(=O)NCC(F)(F)F)c2ccccc2-c2ccccc21)c1ccccc1-c1ccc(C(F)(F)F)cc1. The lowest BCUT2D eigenvalue weighted by molar-refractivity contribution is -0.141. The van der Waals surface area contributed by atoms with Gasteiger partial charge in [0.15, 0.2) is 0 Å². The van der Waals surface area contributed by atoms with E-state index in [0.717, 1.165) is 46.5 Å². The molecule has 0 atom stereocenters. The number of rotatable bonds is 31. The van der Waals surface area contributed by atoms with Gasteiger partial charge in [0.1, 0.15) is 23.9 Å². The lowest BCUT2D eigenvalue weighted by Gasteiger charge is -2.32. The van der Waals surface area contributed by atoms with Gasteiger partial charge in [-0.05, 0) is 194 Å². The molecular formula is C78H76F12N6O4. The van der Waals surface area contributed by atoms with E-state index in [0.29, 0.717) is 135 Å². The Morgan fingerprint density at radius 1 is 0.310 bits per heavy atom. The van der Waals surface area contributed by atoms with Crippen molar-refractivity contribution < 1.29 is 71.9 Å². The maximum Gasteiger partial charge on any atom is 0.416 e. The second kappa shape index (κ2) is 31.9. The highest BCUT2D eigenvalue weighted by Gasteiger charge is 2.51. The molecule has 0 spiro atoms. The van der Waals surface area contributed by atoms with E-state index >= 15 is 0 Å². The molecule has 8 aromatic carbocycles. The van der Waals surface area contributed by atoms with E-state index in [1.54, 1.807) is 97.1 Å². The zero-order valence-electron chi connectivity index (χ0n) is 54.7. The number of nitrogens with one attached hydrogen (secondary N) is 4. The summed E-state index contributed by atoms with van der Waals surface area (Å²) in [6, 6.07) is 51.1. The van der Waals surface area contributed by atoms with Crippen molar-refractivity contribution in [3.05, 3.63) is 239 Å². The lowest BCUT2D eigenvalue weighted by Crippen LogP contribution is -2.47. The van der Waals surface area contributed by atoms with Crippen LogP contribution in [0.25, 0.3) is 44.5 Å². The van der Waals surface area contributed by atoms with Crippen molar-refractivity contribution in [3.63, 3.8) is 0 Å². The molecular weight excluding hydrogens is 1310 g/mol. The van der Waals surface area contributed by atoms with E-state index in [4.69, 9.17) is 0 Å². The van der Waals surface area contributed by atoms with Crippen LogP contribution in [0.15, 0.2) is 194 Å². The highest BCUT2D eigenvalue weighted by Crippen LogP contribution is 2.53. The van der Waals surface area contributed by atoms with Crippen molar-refractivity contribution >= 4 is 23.6 Å². The Morgan fingerprint density at radius 3 is 0.880 bits per heavy atom. The summed E-state index contributed by atoms with van der Waals surface area (Å²) in [6.07, 6.45) is -14.0. The molecule has 0 radical (unpaired) electrons. The van der Waals surface area contributed by atoms with Crippen molar-refractivity contribution in [1.82, 2.24) is 31.1 Å². The van der Waals surface area contributed by atoms with Gasteiger partial charge in [-0.2, -0.15) is 52.7 Å². The van der Waals surface area contributed by atoms with Gasteiger partial charge in [0, 0.05) is 24.2 Å². The second-order valence-corrected chi connectivity index (χ2v) is 25.4. The van der Waals surface area contributed by atoms with Crippen molar-refractivity contribution in [2.75, 3.05) is 65.4 Å². The number of unbranched alkanes of at least 4 members (excludes halogenated alkanes) is 3. The Kier molecular flexibility index (Phi) is 23.4. The van der Waals surface area contributed by atoms with Crippen LogP contribution in [0, 0.1) is 0 Å². The molecule has 0 heterocycles.